The third-order valence-corrected chi connectivity index (χ3v) is 3.54. The van der Waals surface area contributed by atoms with Crippen LogP contribution >= 0.6 is 27.5 Å². The van der Waals surface area contributed by atoms with E-state index in [2.05, 4.69) is 31.5 Å². The summed E-state index contributed by atoms with van der Waals surface area (Å²) in [5, 5.41) is 7.17. The van der Waals surface area contributed by atoms with E-state index in [1.54, 1.807) is 6.20 Å². The zero-order chi connectivity index (χ0) is 13.0. The first-order valence-electron chi connectivity index (χ1n) is 5.61. The van der Waals surface area contributed by atoms with E-state index in [0.717, 1.165) is 28.2 Å². The van der Waals surface area contributed by atoms with E-state index in [9.17, 15) is 0 Å². The number of rotatable bonds is 4. The van der Waals surface area contributed by atoms with Gasteiger partial charge < -0.3 is 10.6 Å². The molecule has 5 heteroatoms. The Balaban J connectivity index is 2.17. The second-order valence-electron chi connectivity index (χ2n) is 3.71. The highest BCUT2D eigenvalue weighted by Crippen LogP contribution is 2.27. The maximum Gasteiger partial charge on any atom is 0.127 e. The molecule has 0 aliphatic heterocycles. The van der Waals surface area contributed by atoms with Gasteiger partial charge in [-0.15, -0.1) is 0 Å². The minimum Gasteiger partial charge on any atom is -0.370 e. The van der Waals surface area contributed by atoms with E-state index in [-0.39, 0.29) is 0 Å². The second kappa shape index (κ2) is 6.07. The molecule has 0 saturated carbocycles. The Kier molecular flexibility index (Phi) is 4.44. The lowest BCUT2D eigenvalue weighted by atomic mass is 10.3. The minimum absolute atomic E-state index is 0.698. The number of halogens is 2. The van der Waals surface area contributed by atoms with Crippen LogP contribution in [0.25, 0.3) is 0 Å². The molecular formula is C13H13BrClN3. The van der Waals surface area contributed by atoms with Crippen molar-refractivity contribution in [3.8, 4) is 0 Å². The van der Waals surface area contributed by atoms with Crippen LogP contribution in [0, 0.1) is 0 Å². The summed E-state index contributed by atoms with van der Waals surface area (Å²) in [6, 6.07) is 9.60. The fraction of sp³-hybridized carbons (Fsp3) is 0.154. The van der Waals surface area contributed by atoms with Crippen molar-refractivity contribution in [2.75, 3.05) is 17.2 Å². The summed E-state index contributed by atoms with van der Waals surface area (Å²) in [6.07, 6.45) is 1.77. The smallest absolute Gasteiger partial charge is 0.127 e. The van der Waals surface area contributed by atoms with Crippen molar-refractivity contribution in [2.24, 2.45) is 0 Å². The third-order valence-electron chi connectivity index (χ3n) is 2.33. The number of hydrogen-bond acceptors (Lipinski definition) is 3. The van der Waals surface area contributed by atoms with Crippen molar-refractivity contribution < 1.29 is 0 Å². The van der Waals surface area contributed by atoms with Crippen LogP contribution in [-0.2, 0) is 0 Å². The van der Waals surface area contributed by atoms with Crippen molar-refractivity contribution in [3.05, 3.63) is 46.0 Å². The van der Waals surface area contributed by atoms with Gasteiger partial charge in [0.1, 0.15) is 5.82 Å². The molecule has 1 heterocycles. The Labute approximate surface area is 120 Å². The molecule has 0 spiro atoms. The summed E-state index contributed by atoms with van der Waals surface area (Å²) in [4.78, 5) is 4.22. The highest BCUT2D eigenvalue weighted by molar-refractivity contribution is 9.10. The number of benzene rings is 1. The molecule has 0 fully saturated rings. The van der Waals surface area contributed by atoms with Crippen molar-refractivity contribution in [3.63, 3.8) is 0 Å². The van der Waals surface area contributed by atoms with E-state index in [1.807, 2.05) is 37.3 Å². The molecule has 0 bridgehead atoms. The van der Waals surface area contributed by atoms with E-state index < -0.39 is 0 Å². The molecule has 2 N–H and O–H groups in total. The molecule has 0 radical (unpaired) electrons. The first-order valence-corrected chi connectivity index (χ1v) is 6.78. The van der Waals surface area contributed by atoms with Gasteiger partial charge in [-0.05, 0) is 47.1 Å². The molecule has 0 aliphatic rings. The lowest BCUT2D eigenvalue weighted by Gasteiger charge is -2.09. The molecule has 94 valence electrons. The highest BCUT2D eigenvalue weighted by atomic mass is 79.9. The van der Waals surface area contributed by atoms with Gasteiger partial charge in [-0.3, -0.25) is 0 Å². The predicted octanol–water partition coefficient (Wildman–Crippen LogP) is 4.67. The van der Waals surface area contributed by atoms with Gasteiger partial charge in [-0.25, -0.2) is 4.98 Å². The van der Waals surface area contributed by atoms with Gasteiger partial charge in [-0.2, -0.15) is 0 Å². The number of anilines is 3. The summed E-state index contributed by atoms with van der Waals surface area (Å²) in [5.41, 5.74) is 1.95. The number of aromatic nitrogens is 1. The predicted molar refractivity (Wildman–Crippen MR) is 80.8 cm³/mol. The van der Waals surface area contributed by atoms with Crippen LogP contribution in [0.4, 0.5) is 17.2 Å². The van der Waals surface area contributed by atoms with Crippen LogP contribution in [-0.4, -0.2) is 11.5 Å². The van der Waals surface area contributed by atoms with Gasteiger partial charge in [0.25, 0.3) is 0 Å². The first kappa shape index (κ1) is 13.2. The second-order valence-corrected chi connectivity index (χ2v) is 4.98. The van der Waals surface area contributed by atoms with Gasteiger partial charge in [0, 0.05) is 34.7 Å². The Morgan fingerprint density at radius 3 is 2.72 bits per heavy atom. The highest BCUT2D eigenvalue weighted by Gasteiger charge is 2.00. The molecule has 0 atom stereocenters. The fourth-order valence-corrected chi connectivity index (χ4v) is 2.02. The maximum atomic E-state index is 5.96. The van der Waals surface area contributed by atoms with Crippen LogP contribution in [0.1, 0.15) is 6.92 Å². The van der Waals surface area contributed by atoms with Crippen molar-refractivity contribution in [1.82, 2.24) is 4.98 Å². The van der Waals surface area contributed by atoms with Gasteiger partial charge in [0.2, 0.25) is 0 Å². The van der Waals surface area contributed by atoms with Gasteiger partial charge in [0.15, 0.2) is 0 Å². The molecule has 2 aromatic rings. The molecule has 18 heavy (non-hydrogen) atoms. The Morgan fingerprint density at radius 1 is 1.22 bits per heavy atom. The normalized spacial score (nSPS) is 10.2. The summed E-state index contributed by atoms with van der Waals surface area (Å²) in [6.45, 7) is 2.89. The van der Waals surface area contributed by atoms with E-state index >= 15 is 0 Å². The molecule has 2 rings (SSSR count). The molecule has 0 aliphatic carbocycles. The molecule has 3 nitrogen and oxygen atoms in total. The van der Waals surface area contributed by atoms with E-state index in [0.29, 0.717) is 5.02 Å². The number of nitrogens with zero attached hydrogens (tertiary/aromatic N) is 1. The largest absolute Gasteiger partial charge is 0.370 e. The molecular weight excluding hydrogens is 314 g/mol. The van der Waals surface area contributed by atoms with Crippen LogP contribution in [0.15, 0.2) is 41.0 Å². The SMILES string of the molecule is CCNc1cc(Nc2ccc(Cl)c(Br)c2)ccn1. The maximum absolute atomic E-state index is 5.96. The lowest BCUT2D eigenvalue weighted by Crippen LogP contribution is -1.99. The Morgan fingerprint density at radius 2 is 2.00 bits per heavy atom. The monoisotopic (exact) mass is 325 g/mol. The van der Waals surface area contributed by atoms with Crippen molar-refractivity contribution in [1.29, 1.82) is 0 Å². The fourth-order valence-electron chi connectivity index (χ4n) is 1.53. The van der Waals surface area contributed by atoms with Gasteiger partial charge in [0.05, 0.1) is 5.02 Å². The van der Waals surface area contributed by atoms with Crippen molar-refractivity contribution >= 4 is 44.7 Å². The average Bonchev–Trinajstić information content (AvgIpc) is 2.35. The van der Waals surface area contributed by atoms with Gasteiger partial charge >= 0.3 is 0 Å². The molecule has 0 amide bonds. The summed E-state index contributed by atoms with van der Waals surface area (Å²) in [7, 11) is 0. The minimum atomic E-state index is 0.698. The standard InChI is InChI=1S/C13H13BrClN3/c1-2-16-13-8-10(5-6-17-13)18-9-3-4-12(15)11(14)7-9/h3-8H,2H2,1H3,(H2,16,17,18). The Hall–Kier alpha value is -1.26. The molecule has 0 unspecified atom stereocenters. The zero-order valence-corrected chi connectivity index (χ0v) is 12.2. The summed E-state index contributed by atoms with van der Waals surface area (Å²) in [5.74, 6) is 0.857. The van der Waals surface area contributed by atoms with Crippen LogP contribution in [0.2, 0.25) is 5.02 Å². The number of pyridine rings is 1. The lowest BCUT2D eigenvalue weighted by molar-refractivity contribution is 1.16. The topological polar surface area (TPSA) is 37.0 Å². The molecule has 1 aromatic heterocycles. The summed E-state index contributed by atoms with van der Waals surface area (Å²) >= 11 is 9.36. The number of hydrogen-bond donors (Lipinski definition) is 2. The van der Waals surface area contributed by atoms with Crippen LogP contribution < -0.4 is 10.6 Å². The number of nitrogens with one attached hydrogen (secondary N) is 2. The third kappa shape index (κ3) is 3.37. The van der Waals surface area contributed by atoms with E-state index in [1.165, 1.54) is 0 Å². The Bertz CT molecular complexity index is 546. The zero-order valence-electron chi connectivity index (χ0n) is 9.87. The van der Waals surface area contributed by atoms with Crippen molar-refractivity contribution in [2.45, 2.75) is 6.92 Å². The van der Waals surface area contributed by atoms with Crippen LogP contribution in [0.5, 0.6) is 0 Å². The molecule has 1 aromatic carbocycles. The van der Waals surface area contributed by atoms with Crippen LogP contribution in [0.3, 0.4) is 0 Å². The molecule has 0 saturated heterocycles. The first-order chi connectivity index (χ1) is 8.69. The quantitative estimate of drug-likeness (QED) is 0.857. The average molecular weight is 327 g/mol. The summed E-state index contributed by atoms with van der Waals surface area (Å²) < 4.78 is 0.870. The van der Waals surface area contributed by atoms with Gasteiger partial charge in [-0.1, -0.05) is 11.6 Å². The van der Waals surface area contributed by atoms with E-state index in [4.69, 9.17) is 11.6 Å².